The van der Waals surface area contributed by atoms with E-state index in [1.54, 1.807) is 11.0 Å². The standard InChI is InChI=1S/C19H27N3O3/c1-14-8-9-17(23)22(14)16-7-5-6-15(12-16)21-18(24)20-13-19(25)10-3-2-4-11-19/h5-7,12,14,25H,2-4,8-11,13H2,1H3,(H2,20,21,24)/t14-/m1/s1. The van der Waals surface area contributed by atoms with Gasteiger partial charge in [-0.25, -0.2) is 4.79 Å². The molecule has 1 aromatic rings. The van der Waals surface area contributed by atoms with Gasteiger partial charge in [0.1, 0.15) is 0 Å². The highest BCUT2D eigenvalue weighted by atomic mass is 16.3. The lowest BCUT2D eigenvalue weighted by Crippen LogP contribution is -2.45. The molecule has 25 heavy (non-hydrogen) atoms. The minimum atomic E-state index is -0.783. The number of carbonyl (C=O) groups excluding carboxylic acids is 2. The van der Waals surface area contributed by atoms with Gasteiger partial charge in [-0.15, -0.1) is 0 Å². The number of benzene rings is 1. The molecule has 2 fully saturated rings. The van der Waals surface area contributed by atoms with Gasteiger partial charge < -0.3 is 20.6 Å². The maximum Gasteiger partial charge on any atom is 0.319 e. The second-order valence-corrected chi connectivity index (χ2v) is 7.29. The predicted octanol–water partition coefficient (Wildman–Crippen LogP) is 3.02. The first kappa shape index (κ1) is 17.7. The van der Waals surface area contributed by atoms with Crippen LogP contribution in [0.5, 0.6) is 0 Å². The Balaban J connectivity index is 1.58. The summed E-state index contributed by atoms with van der Waals surface area (Å²) in [5.41, 5.74) is 0.658. The Morgan fingerprint density at radius 2 is 2.08 bits per heavy atom. The third-order valence-corrected chi connectivity index (χ3v) is 5.23. The van der Waals surface area contributed by atoms with Gasteiger partial charge in [0.05, 0.1) is 5.60 Å². The number of amides is 3. The topological polar surface area (TPSA) is 81.7 Å². The van der Waals surface area contributed by atoms with Crippen molar-refractivity contribution in [3.05, 3.63) is 24.3 Å². The van der Waals surface area contributed by atoms with E-state index in [9.17, 15) is 14.7 Å². The third kappa shape index (κ3) is 4.31. The van der Waals surface area contributed by atoms with Crippen LogP contribution in [0.15, 0.2) is 24.3 Å². The summed E-state index contributed by atoms with van der Waals surface area (Å²) in [5.74, 6) is 0.119. The van der Waals surface area contributed by atoms with Crippen molar-refractivity contribution >= 4 is 23.3 Å². The second-order valence-electron chi connectivity index (χ2n) is 7.29. The lowest BCUT2D eigenvalue weighted by atomic mass is 9.85. The molecule has 1 heterocycles. The van der Waals surface area contributed by atoms with Gasteiger partial charge >= 0.3 is 6.03 Å². The predicted molar refractivity (Wildman–Crippen MR) is 97.7 cm³/mol. The molecule has 3 N–H and O–H groups in total. The molecule has 0 bridgehead atoms. The number of anilines is 2. The van der Waals surface area contributed by atoms with Crippen LogP contribution in [0.25, 0.3) is 0 Å². The molecule has 1 aromatic carbocycles. The van der Waals surface area contributed by atoms with E-state index in [0.29, 0.717) is 12.1 Å². The molecule has 3 amide bonds. The molecule has 0 radical (unpaired) electrons. The van der Waals surface area contributed by atoms with Crippen LogP contribution in [0, 0.1) is 0 Å². The molecule has 0 spiro atoms. The molecule has 0 unspecified atom stereocenters. The Morgan fingerprint density at radius 3 is 2.76 bits per heavy atom. The first-order chi connectivity index (χ1) is 12.0. The van der Waals surface area contributed by atoms with Crippen molar-refractivity contribution in [1.82, 2.24) is 5.32 Å². The van der Waals surface area contributed by atoms with Crippen LogP contribution < -0.4 is 15.5 Å². The first-order valence-corrected chi connectivity index (χ1v) is 9.16. The zero-order chi connectivity index (χ0) is 17.9. The zero-order valence-corrected chi connectivity index (χ0v) is 14.8. The molecule has 2 aliphatic rings. The zero-order valence-electron chi connectivity index (χ0n) is 14.8. The first-order valence-electron chi connectivity index (χ1n) is 9.16. The summed E-state index contributed by atoms with van der Waals surface area (Å²) >= 11 is 0. The monoisotopic (exact) mass is 345 g/mol. The molecule has 1 atom stereocenters. The summed E-state index contributed by atoms with van der Waals surface area (Å²) in [7, 11) is 0. The van der Waals surface area contributed by atoms with Crippen LogP contribution in [0.3, 0.4) is 0 Å². The van der Waals surface area contributed by atoms with Gasteiger partial charge in [-0.1, -0.05) is 25.3 Å². The van der Waals surface area contributed by atoms with Crippen LogP contribution in [-0.2, 0) is 4.79 Å². The van der Waals surface area contributed by atoms with Gasteiger partial charge in [0.25, 0.3) is 0 Å². The van der Waals surface area contributed by atoms with Crippen LogP contribution in [0.2, 0.25) is 0 Å². The number of urea groups is 1. The quantitative estimate of drug-likeness (QED) is 0.784. The molecule has 1 saturated carbocycles. The number of aliphatic hydroxyl groups is 1. The fourth-order valence-corrected chi connectivity index (χ4v) is 3.77. The number of hydrogen-bond acceptors (Lipinski definition) is 3. The number of hydrogen-bond donors (Lipinski definition) is 3. The van der Waals surface area contributed by atoms with E-state index in [1.165, 1.54) is 0 Å². The van der Waals surface area contributed by atoms with Crippen LogP contribution in [0.1, 0.15) is 51.9 Å². The molecule has 1 aliphatic heterocycles. The van der Waals surface area contributed by atoms with E-state index < -0.39 is 5.60 Å². The highest BCUT2D eigenvalue weighted by Gasteiger charge is 2.30. The van der Waals surface area contributed by atoms with Gasteiger partial charge in [0.15, 0.2) is 0 Å². The normalized spacial score (nSPS) is 22.7. The minimum absolute atomic E-state index is 0.119. The van der Waals surface area contributed by atoms with Gasteiger partial charge in [-0.3, -0.25) is 4.79 Å². The van der Waals surface area contributed by atoms with Crippen molar-refractivity contribution in [3.8, 4) is 0 Å². The highest BCUT2D eigenvalue weighted by Crippen LogP contribution is 2.29. The van der Waals surface area contributed by atoms with Crippen molar-refractivity contribution < 1.29 is 14.7 Å². The van der Waals surface area contributed by atoms with Crippen LogP contribution in [0.4, 0.5) is 16.2 Å². The summed E-state index contributed by atoms with van der Waals surface area (Å²) in [5, 5.41) is 16.0. The van der Waals surface area contributed by atoms with Crippen LogP contribution >= 0.6 is 0 Å². The van der Waals surface area contributed by atoms with Crippen LogP contribution in [-0.4, -0.2) is 35.2 Å². The number of carbonyl (C=O) groups is 2. The van der Waals surface area contributed by atoms with Gasteiger partial charge in [0, 0.05) is 30.4 Å². The maximum absolute atomic E-state index is 12.1. The van der Waals surface area contributed by atoms with Crippen molar-refractivity contribution in [2.45, 2.75) is 63.5 Å². The Morgan fingerprint density at radius 1 is 1.32 bits per heavy atom. The second kappa shape index (κ2) is 7.44. The van der Waals surface area contributed by atoms with Gasteiger partial charge in [-0.05, 0) is 44.4 Å². The van der Waals surface area contributed by atoms with Crippen molar-refractivity contribution in [1.29, 1.82) is 0 Å². The number of nitrogens with one attached hydrogen (secondary N) is 2. The van der Waals surface area contributed by atoms with E-state index in [4.69, 9.17) is 0 Å². The lowest BCUT2D eigenvalue weighted by Gasteiger charge is -2.32. The third-order valence-electron chi connectivity index (χ3n) is 5.23. The average Bonchev–Trinajstić information content (AvgIpc) is 2.93. The fourth-order valence-electron chi connectivity index (χ4n) is 3.77. The van der Waals surface area contributed by atoms with Crippen molar-refractivity contribution in [2.24, 2.45) is 0 Å². The average molecular weight is 345 g/mol. The molecule has 6 heteroatoms. The number of nitrogens with zero attached hydrogens (tertiary/aromatic N) is 1. The SMILES string of the molecule is C[C@@H]1CCC(=O)N1c1cccc(NC(=O)NCC2(O)CCCCC2)c1. The maximum atomic E-state index is 12.1. The highest BCUT2D eigenvalue weighted by molar-refractivity contribution is 5.97. The van der Waals surface area contributed by atoms with E-state index in [1.807, 2.05) is 25.1 Å². The van der Waals surface area contributed by atoms with E-state index in [2.05, 4.69) is 10.6 Å². The molecule has 1 aliphatic carbocycles. The summed E-state index contributed by atoms with van der Waals surface area (Å²) in [6.45, 7) is 2.29. The minimum Gasteiger partial charge on any atom is -0.388 e. The van der Waals surface area contributed by atoms with Crippen molar-refractivity contribution in [3.63, 3.8) is 0 Å². The summed E-state index contributed by atoms with van der Waals surface area (Å²) in [4.78, 5) is 26.0. The Kier molecular flexibility index (Phi) is 5.27. The van der Waals surface area contributed by atoms with Crippen molar-refractivity contribution in [2.75, 3.05) is 16.8 Å². The fraction of sp³-hybridized carbons (Fsp3) is 0.579. The summed E-state index contributed by atoms with van der Waals surface area (Å²) in [6, 6.07) is 7.16. The van der Waals surface area contributed by atoms with E-state index in [-0.39, 0.29) is 24.5 Å². The molecule has 3 rings (SSSR count). The van der Waals surface area contributed by atoms with Gasteiger partial charge in [-0.2, -0.15) is 0 Å². The molecule has 136 valence electrons. The Bertz CT molecular complexity index is 641. The Hall–Kier alpha value is -2.08. The van der Waals surface area contributed by atoms with E-state index in [0.717, 1.165) is 44.2 Å². The molecule has 6 nitrogen and oxygen atoms in total. The molecule has 1 saturated heterocycles. The molecular formula is C19H27N3O3. The van der Waals surface area contributed by atoms with E-state index >= 15 is 0 Å². The smallest absolute Gasteiger partial charge is 0.319 e. The Labute approximate surface area is 148 Å². The largest absolute Gasteiger partial charge is 0.388 e. The summed E-state index contributed by atoms with van der Waals surface area (Å²) in [6.07, 6.45) is 6.05. The molecule has 0 aromatic heterocycles. The molecular weight excluding hydrogens is 318 g/mol. The summed E-state index contributed by atoms with van der Waals surface area (Å²) < 4.78 is 0. The number of rotatable bonds is 4. The lowest BCUT2D eigenvalue weighted by molar-refractivity contribution is -0.117. The van der Waals surface area contributed by atoms with Gasteiger partial charge in [0.2, 0.25) is 5.91 Å².